The van der Waals surface area contributed by atoms with Gasteiger partial charge in [-0.3, -0.25) is 4.79 Å². The molecule has 2 heterocycles. The minimum atomic E-state index is -0.355. The molecule has 1 aromatic carbocycles. The summed E-state index contributed by atoms with van der Waals surface area (Å²) in [6.07, 6.45) is 2.43. The van der Waals surface area contributed by atoms with Crippen LogP contribution in [0.15, 0.2) is 16.6 Å². The van der Waals surface area contributed by atoms with Crippen LogP contribution in [0.3, 0.4) is 0 Å². The molecular formula is C16H19BrN2O4. The van der Waals surface area contributed by atoms with Crippen LogP contribution < -0.4 is 14.4 Å². The summed E-state index contributed by atoms with van der Waals surface area (Å²) in [5, 5.41) is 0. The van der Waals surface area contributed by atoms with Crippen molar-refractivity contribution in [1.29, 1.82) is 0 Å². The highest BCUT2D eigenvalue weighted by Crippen LogP contribution is 2.41. The van der Waals surface area contributed by atoms with Crippen LogP contribution in [-0.2, 0) is 9.59 Å². The molecule has 1 unspecified atom stereocenters. The molecule has 0 radical (unpaired) electrons. The molecule has 6 nitrogen and oxygen atoms in total. The van der Waals surface area contributed by atoms with Crippen LogP contribution in [-0.4, -0.2) is 56.5 Å². The van der Waals surface area contributed by atoms with Gasteiger partial charge >= 0.3 is 0 Å². The van der Waals surface area contributed by atoms with Gasteiger partial charge in [0.2, 0.25) is 5.91 Å². The fourth-order valence-electron chi connectivity index (χ4n) is 3.03. The smallest absolute Gasteiger partial charge is 0.222 e. The number of amides is 1. The van der Waals surface area contributed by atoms with E-state index >= 15 is 0 Å². The van der Waals surface area contributed by atoms with E-state index in [-0.39, 0.29) is 11.9 Å². The number of hydrogen-bond donors (Lipinski definition) is 0. The highest BCUT2D eigenvalue weighted by atomic mass is 79.9. The predicted molar refractivity (Wildman–Crippen MR) is 89.2 cm³/mol. The predicted octanol–water partition coefficient (Wildman–Crippen LogP) is 1.85. The minimum absolute atomic E-state index is 0.189. The second-order valence-corrected chi connectivity index (χ2v) is 6.50. The largest absolute Gasteiger partial charge is 0.495 e. The van der Waals surface area contributed by atoms with Gasteiger partial charge in [0.25, 0.3) is 0 Å². The van der Waals surface area contributed by atoms with Crippen molar-refractivity contribution in [1.82, 2.24) is 4.90 Å². The first-order valence-corrected chi connectivity index (χ1v) is 8.43. The monoisotopic (exact) mass is 382 g/mol. The quantitative estimate of drug-likeness (QED) is 0.727. The summed E-state index contributed by atoms with van der Waals surface area (Å²) >= 11 is 3.44. The Bertz CT molecular complexity index is 622. The van der Waals surface area contributed by atoms with E-state index in [2.05, 4.69) is 15.9 Å². The lowest BCUT2D eigenvalue weighted by molar-refractivity contribution is -0.127. The minimum Gasteiger partial charge on any atom is -0.495 e. The Balaban J connectivity index is 1.84. The lowest BCUT2D eigenvalue weighted by Gasteiger charge is -2.37. The van der Waals surface area contributed by atoms with Crippen LogP contribution in [0.5, 0.6) is 11.5 Å². The van der Waals surface area contributed by atoms with E-state index in [0.717, 1.165) is 29.4 Å². The molecule has 0 aliphatic carbocycles. The van der Waals surface area contributed by atoms with Crippen molar-refractivity contribution in [2.45, 2.75) is 18.9 Å². The summed E-state index contributed by atoms with van der Waals surface area (Å²) in [6.45, 7) is 2.31. The number of anilines is 1. The van der Waals surface area contributed by atoms with Gasteiger partial charge in [-0.15, -0.1) is 0 Å². The Hall–Kier alpha value is -1.76. The van der Waals surface area contributed by atoms with E-state index < -0.39 is 0 Å². The number of methoxy groups -OCH3 is 1. The van der Waals surface area contributed by atoms with E-state index in [1.807, 2.05) is 21.9 Å². The molecule has 0 saturated carbocycles. The molecule has 1 atom stereocenters. The van der Waals surface area contributed by atoms with Crippen LogP contribution in [0.4, 0.5) is 5.69 Å². The van der Waals surface area contributed by atoms with Crippen LogP contribution in [0.1, 0.15) is 12.8 Å². The molecule has 1 aromatic rings. The Morgan fingerprint density at radius 3 is 2.91 bits per heavy atom. The third kappa shape index (κ3) is 3.15. The number of hydrogen-bond acceptors (Lipinski definition) is 5. The van der Waals surface area contributed by atoms with Gasteiger partial charge in [-0.2, -0.15) is 0 Å². The molecule has 2 aliphatic heterocycles. The zero-order chi connectivity index (χ0) is 16.4. The maximum atomic E-state index is 11.8. The molecule has 2 aliphatic rings. The molecular weight excluding hydrogens is 364 g/mol. The zero-order valence-corrected chi connectivity index (χ0v) is 14.5. The fraction of sp³-hybridized carbons (Fsp3) is 0.500. The van der Waals surface area contributed by atoms with Crippen LogP contribution in [0.25, 0.3) is 0 Å². The summed E-state index contributed by atoms with van der Waals surface area (Å²) in [5.74, 6) is 1.58. The lowest BCUT2D eigenvalue weighted by atomic mass is 10.1. The molecule has 0 N–H and O–H groups in total. The first kappa shape index (κ1) is 16.1. The Kier molecular flexibility index (Phi) is 4.75. The molecule has 0 spiro atoms. The molecule has 0 bridgehead atoms. The van der Waals surface area contributed by atoms with Gasteiger partial charge in [-0.05, 0) is 22.4 Å². The molecule has 124 valence electrons. The van der Waals surface area contributed by atoms with Crippen LogP contribution >= 0.6 is 15.9 Å². The van der Waals surface area contributed by atoms with Crippen molar-refractivity contribution in [2.24, 2.45) is 0 Å². The van der Waals surface area contributed by atoms with Gasteiger partial charge in [0.05, 0.1) is 17.3 Å². The maximum Gasteiger partial charge on any atom is 0.222 e. The normalized spacial score (nSPS) is 20.3. The summed E-state index contributed by atoms with van der Waals surface area (Å²) in [7, 11) is 1.60. The number of ether oxygens (including phenoxy) is 2. The second kappa shape index (κ2) is 6.78. The number of likely N-dealkylation sites (tertiary alicyclic amines) is 1. The van der Waals surface area contributed by atoms with Gasteiger partial charge in [0.15, 0.2) is 0 Å². The van der Waals surface area contributed by atoms with Crippen molar-refractivity contribution in [3.05, 3.63) is 16.6 Å². The number of benzene rings is 1. The molecule has 1 saturated heterocycles. The highest BCUT2D eigenvalue weighted by Gasteiger charge is 2.30. The van der Waals surface area contributed by atoms with Crippen molar-refractivity contribution in [3.8, 4) is 11.5 Å². The molecule has 7 heteroatoms. The Morgan fingerprint density at radius 2 is 2.26 bits per heavy atom. The number of fused-ring (bicyclic) bond motifs is 1. The van der Waals surface area contributed by atoms with Crippen LogP contribution in [0, 0.1) is 0 Å². The van der Waals surface area contributed by atoms with Gasteiger partial charge < -0.3 is 24.1 Å². The maximum absolute atomic E-state index is 11.8. The third-order valence-corrected chi connectivity index (χ3v) is 4.91. The van der Waals surface area contributed by atoms with Crippen molar-refractivity contribution in [3.63, 3.8) is 0 Å². The number of carbonyl (C=O) groups is 2. The number of halogens is 1. The van der Waals surface area contributed by atoms with Gasteiger partial charge in [-0.25, -0.2) is 0 Å². The van der Waals surface area contributed by atoms with Gasteiger partial charge in [-0.1, -0.05) is 0 Å². The fourth-order valence-corrected chi connectivity index (χ4v) is 3.52. The standard InChI is InChI=1S/C16H19BrN2O4/c1-22-14-8-13-15(7-12(14)17)23-10-11(9-20)19(13)6-5-18-4-2-3-16(18)21/h7-9,11H,2-6,10H2,1H3. The van der Waals surface area contributed by atoms with Gasteiger partial charge in [0.1, 0.15) is 30.4 Å². The Labute approximate surface area is 143 Å². The number of aldehydes is 1. The van der Waals surface area contributed by atoms with Crippen molar-refractivity contribution in [2.75, 3.05) is 38.3 Å². The van der Waals surface area contributed by atoms with E-state index in [0.29, 0.717) is 37.6 Å². The molecule has 0 aromatic heterocycles. The summed E-state index contributed by atoms with van der Waals surface area (Å²) in [6, 6.07) is 3.36. The van der Waals surface area contributed by atoms with E-state index in [1.54, 1.807) is 7.11 Å². The zero-order valence-electron chi connectivity index (χ0n) is 13.0. The molecule has 1 fully saturated rings. The average molecular weight is 383 g/mol. The van der Waals surface area contributed by atoms with Crippen LogP contribution in [0.2, 0.25) is 0 Å². The van der Waals surface area contributed by atoms with Crippen molar-refractivity contribution >= 4 is 33.8 Å². The molecule has 3 rings (SSSR count). The Morgan fingerprint density at radius 1 is 1.43 bits per heavy atom. The van der Waals surface area contributed by atoms with Gasteiger partial charge in [0, 0.05) is 38.2 Å². The first-order valence-electron chi connectivity index (χ1n) is 7.64. The molecule has 1 amide bonds. The van der Waals surface area contributed by atoms with Crippen molar-refractivity contribution < 1.29 is 19.1 Å². The van der Waals surface area contributed by atoms with E-state index in [9.17, 15) is 9.59 Å². The topological polar surface area (TPSA) is 59.1 Å². The van der Waals surface area contributed by atoms with E-state index in [1.165, 1.54) is 0 Å². The summed E-state index contributed by atoms with van der Waals surface area (Å²) in [4.78, 5) is 27.0. The number of nitrogens with zero attached hydrogens (tertiary/aromatic N) is 2. The average Bonchev–Trinajstić information content (AvgIpc) is 2.96. The summed E-state index contributed by atoms with van der Waals surface area (Å²) < 4.78 is 11.8. The number of rotatable bonds is 5. The first-order chi connectivity index (χ1) is 11.1. The van der Waals surface area contributed by atoms with E-state index in [4.69, 9.17) is 9.47 Å². The number of carbonyl (C=O) groups excluding carboxylic acids is 2. The highest BCUT2D eigenvalue weighted by molar-refractivity contribution is 9.10. The summed E-state index contributed by atoms with van der Waals surface area (Å²) in [5.41, 5.74) is 0.819. The lowest BCUT2D eigenvalue weighted by Crippen LogP contribution is -2.47. The SMILES string of the molecule is COc1cc2c(cc1Br)OCC(C=O)N2CCN1CCCC1=O. The third-order valence-electron chi connectivity index (χ3n) is 4.29. The molecule has 23 heavy (non-hydrogen) atoms. The second-order valence-electron chi connectivity index (χ2n) is 5.65.